The first kappa shape index (κ1) is 23.7. The van der Waals surface area contributed by atoms with Crippen LogP contribution in [0.4, 0.5) is 5.69 Å². The summed E-state index contributed by atoms with van der Waals surface area (Å²) in [5.41, 5.74) is 4.90. The second-order valence-electron chi connectivity index (χ2n) is 9.45. The molecule has 35 heavy (non-hydrogen) atoms. The van der Waals surface area contributed by atoms with E-state index >= 15 is 0 Å². The Bertz CT molecular complexity index is 1150. The molecule has 5 nitrogen and oxygen atoms in total. The fourth-order valence-electron chi connectivity index (χ4n) is 5.36. The Labute approximate surface area is 212 Å². The molecule has 2 aliphatic heterocycles. The molecular weight excluding hydrogens is 458 g/mol. The zero-order valence-corrected chi connectivity index (χ0v) is 20.9. The minimum atomic E-state index is -0.0975. The first-order chi connectivity index (χ1) is 17.1. The van der Waals surface area contributed by atoms with Crippen LogP contribution >= 0.6 is 11.6 Å². The van der Waals surface area contributed by atoms with Crippen LogP contribution in [-0.2, 0) is 24.2 Å². The highest BCUT2D eigenvalue weighted by atomic mass is 35.5. The van der Waals surface area contributed by atoms with E-state index in [2.05, 4.69) is 51.5 Å². The van der Waals surface area contributed by atoms with Crippen molar-refractivity contribution < 1.29 is 9.53 Å². The highest BCUT2D eigenvalue weighted by Gasteiger charge is 2.41. The lowest BCUT2D eigenvalue weighted by atomic mass is 9.83. The number of nitrogens with zero attached hydrogens (tertiary/aromatic N) is 2. The molecule has 0 saturated carbocycles. The highest BCUT2D eigenvalue weighted by molar-refractivity contribution is 6.30. The molecule has 3 aromatic rings. The van der Waals surface area contributed by atoms with E-state index in [9.17, 15) is 4.79 Å². The van der Waals surface area contributed by atoms with Crippen LogP contribution in [0.2, 0.25) is 5.02 Å². The minimum absolute atomic E-state index is 0.0975. The van der Waals surface area contributed by atoms with Crippen LogP contribution in [0.1, 0.15) is 16.7 Å². The van der Waals surface area contributed by atoms with Gasteiger partial charge in [-0.15, -0.1) is 0 Å². The quantitative estimate of drug-likeness (QED) is 0.528. The summed E-state index contributed by atoms with van der Waals surface area (Å²) >= 11 is 6.08. The lowest BCUT2D eigenvalue weighted by Crippen LogP contribution is -2.61. The third-order valence-electron chi connectivity index (χ3n) is 7.22. The van der Waals surface area contributed by atoms with Gasteiger partial charge in [0.25, 0.3) is 0 Å². The Hall–Kier alpha value is -3.02. The fraction of sp³-hybridized carbons (Fsp3) is 0.345. The summed E-state index contributed by atoms with van der Waals surface area (Å²) in [6, 6.07) is 24.7. The lowest BCUT2D eigenvalue weighted by Gasteiger charge is -2.49. The topological polar surface area (TPSA) is 44.8 Å². The number of piperazine rings is 1. The van der Waals surface area contributed by atoms with Crippen molar-refractivity contribution in [2.24, 2.45) is 5.92 Å². The fourth-order valence-corrected chi connectivity index (χ4v) is 5.49. The number of nitrogens with one attached hydrogen (secondary N) is 1. The molecular formula is C29H32ClN3O2. The summed E-state index contributed by atoms with van der Waals surface area (Å²) in [4.78, 5) is 18.4. The van der Waals surface area contributed by atoms with E-state index in [-0.39, 0.29) is 17.9 Å². The number of amides is 1. The highest BCUT2D eigenvalue weighted by Crippen LogP contribution is 2.38. The van der Waals surface area contributed by atoms with Crippen LogP contribution in [0.25, 0.3) is 0 Å². The molecule has 2 atom stereocenters. The Morgan fingerprint density at radius 2 is 1.83 bits per heavy atom. The molecule has 0 unspecified atom stereocenters. The molecule has 3 aromatic carbocycles. The van der Waals surface area contributed by atoms with Gasteiger partial charge in [0.1, 0.15) is 5.75 Å². The van der Waals surface area contributed by atoms with Crippen LogP contribution in [0.5, 0.6) is 5.75 Å². The van der Waals surface area contributed by atoms with E-state index in [4.69, 9.17) is 16.3 Å². The van der Waals surface area contributed by atoms with Crippen molar-refractivity contribution in [3.63, 3.8) is 0 Å². The largest absolute Gasteiger partial charge is 0.497 e. The van der Waals surface area contributed by atoms with Crippen LogP contribution in [-0.4, -0.2) is 50.1 Å². The van der Waals surface area contributed by atoms with Gasteiger partial charge < -0.3 is 15.0 Å². The molecule has 1 fully saturated rings. The number of hydrogen-bond acceptors (Lipinski definition) is 4. The summed E-state index contributed by atoms with van der Waals surface area (Å²) in [5.74, 6) is 0.905. The molecule has 6 heteroatoms. The number of carbonyl (C=O) groups is 1. The van der Waals surface area contributed by atoms with E-state index in [1.165, 1.54) is 22.4 Å². The number of rotatable bonds is 7. The smallest absolute Gasteiger partial charge is 0.225 e. The van der Waals surface area contributed by atoms with Gasteiger partial charge in [0.2, 0.25) is 5.91 Å². The monoisotopic (exact) mass is 489 g/mol. The van der Waals surface area contributed by atoms with Gasteiger partial charge in [-0.2, -0.15) is 0 Å². The van der Waals surface area contributed by atoms with Crippen molar-refractivity contribution >= 4 is 23.2 Å². The van der Waals surface area contributed by atoms with Gasteiger partial charge in [0, 0.05) is 49.5 Å². The van der Waals surface area contributed by atoms with Crippen LogP contribution in [0.15, 0.2) is 72.8 Å². The Kier molecular flexibility index (Phi) is 7.26. The molecule has 2 aliphatic rings. The first-order valence-electron chi connectivity index (χ1n) is 12.3. The van der Waals surface area contributed by atoms with Gasteiger partial charge in [0.15, 0.2) is 0 Å². The predicted octanol–water partition coefficient (Wildman–Crippen LogP) is 4.57. The number of anilines is 1. The summed E-state index contributed by atoms with van der Waals surface area (Å²) in [6.07, 6.45) is 1.58. The summed E-state index contributed by atoms with van der Waals surface area (Å²) in [6.45, 7) is 4.17. The molecule has 2 heterocycles. The number of hydrogen-bond donors (Lipinski definition) is 1. The van der Waals surface area contributed by atoms with Gasteiger partial charge in [-0.1, -0.05) is 60.1 Å². The third-order valence-corrected chi connectivity index (χ3v) is 7.47. The summed E-state index contributed by atoms with van der Waals surface area (Å²) < 4.78 is 5.51. The maximum Gasteiger partial charge on any atom is 0.225 e. The number of methoxy groups -OCH3 is 1. The van der Waals surface area contributed by atoms with Crippen LogP contribution in [0.3, 0.4) is 0 Å². The molecule has 0 aliphatic carbocycles. The number of halogens is 1. The van der Waals surface area contributed by atoms with E-state index in [1.807, 2.05) is 36.4 Å². The number of benzene rings is 3. The summed E-state index contributed by atoms with van der Waals surface area (Å²) in [5, 5.41) is 3.99. The van der Waals surface area contributed by atoms with Crippen molar-refractivity contribution in [2.75, 3.05) is 38.2 Å². The molecule has 0 aromatic heterocycles. The lowest BCUT2D eigenvalue weighted by molar-refractivity contribution is -0.126. The molecule has 0 radical (unpaired) electrons. The molecule has 0 spiro atoms. The average molecular weight is 490 g/mol. The number of ether oxygens (including phenoxy) is 1. The second-order valence-corrected chi connectivity index (χ2v) is 9.89. The van der Waals surface area contributed by atoms with Gasteiger partial charge in [-0.3, -0.25) is 9.69 Å². The van der Waals surface area contributed by atoms with Crippen molar-refractivity contribution in [3.05, 3.63) is 94.5 Å². The SMILES string of the molecule is COc1ccc2c(c1)N1CCN(Cc3ccc(Cl)cc3)C[C@H]1[C@H](C(=O)NCCc1ccccc1)C2. The maximum absolute atomic E-state index is 13.5. The van der Waals surface area contributed by atoms with Crippen LogP contribution in [0, 0.1) is 5.92 Å². The molecule has 0 bridgehead atoms. The Balaban J connectivity index is 1.33. The van der Waals surface area contributed by atoms with E-state index in [0.717, 1.165) is 49.8 Å². The van der Waals surface area contributed by atoms with Crippen LogP contribution < -0.4 is 15.0 Å². The van der Waals surface area contributed by atoms with Crippen molar-refractivity contribution in [3.8, 4) is 5.75 Å². The summed E-state index contributed by atoms with van der Waals surface area (Å²) in [7, 11) is 1.70. The van der Waals surface area contributed by atoms with Gasteiger partial charge in [0.05, 0.1) is 19.1 Å². The van der Waals surface area contributed by atoms with Gasteiger partial charge in [-0.25, -0.2) is 0 Å². The van der Waals surface area contributed by atoms with E-state index in [1.54, 1.807) is 7.11 Å². The van der Waals surface area contributed by atoms with Gasteiger partial charge >= 0.3 is 0 Å². The van der Waals surface area contributed by atoms with Crippen molar-refractivity contribution in [1.82, 2.24) is 10.2 Å². The number of fused-ring (bicyclic) bond motifs is 3. The second kappa shape index (κ2) is 10.7. The molecule has 182 valence electrons. The van der Waals surface area contributed by atoms with E-state index < -0.39 is 0 Å². The van der Waals surface area contributed by atoms with Crippen molar-refractivity contribution in [1.29, 1.82) is 0 Å². The van der Waals surface area contributed by atoms with Gasteiger partial charge in [-0.05, 0) is 47.7 Å². The first-order valence-corrected chi connectivity index (χ1v) is 12.7. The third kappa shape index (κ3) is 5.47. The minimum Gasteiger partial charge on any atom is -0.497 e. The Morgan fingerprint density at radius 1 is 1.03 bits per heavy atom. The van der Waals surface area contributed by atoms with E-state index in [0.29, 0.717) is 6.54 Å². The average Bonchev–Trinajstić information content (AvgIpc) is 2.89. The Morgan fingerprint density at radius 3 is 2.60 bits per heavy atom. The zero-order valence-electron chi connectivity index (χ0n) is 20.1. The standard InChI is InChI=1S/C29H32ClN3O2/c1-35-25-12-9-23-17-26(29(34)31-14-13-21-5-3-2-4-6-21)28-20-32(15-16-33(28)27(23)18-25)19-22-7-10-24(30)11-8-22/h2-12,18,26,28H,13-17,19-20H2,1H3,(H,31,34)/t26-,28+/m1/s1. The zero-order chi connectivity index (χ0) is 24.2. The van der Waals surface area contributed by atoms with Crippen molar-refractivity contribution in [2.45, 2.75) is 25.4 Å². The predicted molar refractivity (Wildman–Crippen MR) is 141 cm³/mol. The number of carbonyl (C=O) groups excluding carboxylic acids is 1. The maximum atomic E-state index is 13.5. The molecule has 1 amide bonds. The normalized spacial score (nSPS) is 19.5. The molecule has 1 saturated heterocycles. The molecule has 5 rings (SSSR count). The molecule has 1 N–H and O–H groups in total.